The van der Waals surface area contributed by atoms with Gasteiger partial charge in [-0.05, 0) is 34.7 Å². The van der Waals surface area contributed by atoms with Gasteiger partial charge in [0.2, 0.25) is 5.91 Å². The van der Waals surface area contributed by atoms with Crippen LogP contribution in [0.25, 0.3) is 0 Å². The van der Waals surface area contributed by atoms with Crippen LogP contribution >= 0.6 is 0 Å². The third-order valence-electron chi connectivity index (χ3n) is 5.62. The van der Waals surface area contributed by atoms with Crippen LogP contribution in [0.1, 0.15) is 30.5 Å². The van der Waals surface area contributed by atoms with Gasteiger partial charge in [-0.1, -0.05) is 86.6 Å². The Morgan fingerprint density at radius 3 is 1.81 bits per heavy atom. The number of ether oxygens (including phenoxy) is 2. The van der Waals surface area contributed by atoms with Crippen molar-refractivity contribution in [2.24, 2.45) is 5.92 Å². The molecule has 3 aromatic carbocycles. The molecule has 0 fully saturated rings. The Hall–Kier alpha value is -4.20. The van der Waals surface area contributed by atoms with Crippen molar-refractivity contribution in [3.63, 3.8) is 0 Å². The summed E-state index contributed by atoms with van der Waals surface area (Å²) in [6, 6.07) is 21.9. The Labute approximate surface area is 216 Å². The molecule has 0 aliphatic carbocycles. The highest BCUT2D eigenvalue weighted by atomic mass is 19.1. The zero-order valence-electron chi connectivity index (χ0n) is 20.9. The highest BCUT2D eigenvalue weighted by Crippen LogP contribution is 2.11. The van der Waals surface area contributed by atoms with Gasteiger partial charge in [0.05, 0.1) is 0 Å². The van der Waals surface area contributed by atoms with E-state index in [2.05, 4.69) is 10.6 Å². The lowest BCUT2D eigenvalue weighted by Crippen LogP contribution is -2.54. The second kappa shape index (κ2) is 13.8. The van der Waals surface area contributed by atoms with Crippen LogP contribution in [-0.4, -0.2) is 30.1 Å². The fourth-order valence-electron chi connectivity index (χ4n) is 3.54. The van der Waals surface area contributed by atoms with Gasteiger partial charge in [-0.15, -0.1) is 0 Å². The smallest absolute Gasteiger partial charge is 0.408 e. The van der Waals surface area contributed by atoms with E-state index in [4.69, 9.17) is 9.47 Å². The summed E-state index contributed by atoms with van der Waals surface area (Å²) < 4.78 is 24.1. The SMILES string of the molecule is CC(C)[C@H](NC(=O)[C@H](Cc1ccc(F)cc1)NC(=O)OCc1ccccc1)C(=O)OCc1ccccc1. The van der Waals surface area contributed by atoms with E-state index in [1.807, 2.05) is 60.7 Å². The molecule has 0 heterocycles. The van der Waals surface area contributed by atoms with Crippen molar-refractivity contribution in [1.29, 1.82) is 0 Å². The van der Waals surface area contributed by atoms with E-state index in [1.165, 1.54) is 24.3 Å². The zero-order chi connectivity index (χ0) is 26.6. The van der Waals surface area contributed by atoms with Crippen molar-refractivity contribution in [1.82, 2.24) is 10.6 Å². The van der Waals surface area contributed by atoms with Gasteiger partial charge in [-0.2, -0.15) is 0 Å². The molecule has 0 saturated carbocycles. The Bertz CT molecular complexity index is 1150. The zero-order valence-corrected chi connectivity index (χ0v) is 20.9. The maximum absolute atomic E-state index is 13.4. The van der Waals surface area contributed by atoms with Gasteiger partial charge in [-0.3, -0.25) is 4.79 Å². The van der Waals surface area contributed by atoms with E-state index < -0.39 is 35.9 Å². The van der Waals surface area contributed by atoms with Gasteiger partial charge >= 0.3 is 12.1 Å². The topological polar surface area (TPSA) is 93.7 Å². The maximum Gasteiger partial charge on any atom is 0.408 e. The number of halogens is 1. The van der Waals surface area contributed by atoms with E-state index >= 15 is 0 Å². The molecule has 0 aromatic heterocycles. The number of carbonyl (C=O) groups is 3. The molecule has 2 N–H and O–H groups in total. The molecule has 8 heteroatoms. The molecule has 0 aliphatic rings. The molecule has 0 aliphatic heterocycles. The van der Waals surface area contributed by atoms with Crippen LogP contribution in [0.3, 0.4) is 0 Å². The third-order valence-corrected chi connectivity index (χ3v) is 5.62. The summed E-state index contributed by atoms with van der Waals surface area (Å²) in [5, 5.41) is 5.28. The number of nitrogens with one attached hydrogen (secondary N) is 2. The van der Waals surface area contributed by atoms with E-state index in [9.17, 15) is 18.8 Å². The molecule has 0 bridgehead atoms. The molecule has 3 aromatic rings. The number of benzene rings is 3. The Morgan fingerprint density at radius 1 is 0.730 bits per heavy atom. The summed E-state index contributed by atoms with van der Waals surface area (Å²) >= 11 is 0. The summed E-state index contributed by atoms with van der Waals surface area (Å²) in [7, 11) is 0. The highest BCUT2D eigenvalue weighted by Gasteiger charge is 2.30. The molecule has 37 heavy (non-hydrogen) atoms. The fourth-order valence-corrected chi connectivity index (χ4v) is 3.54. The first kappa shape index (κ1) is 27.4. The van der Waals surface area contributed by atoms with Crippen LogP contribution in [0.4, 0.5) is 9.18 Å². The normalized spacial score (nSPS) is 12.3. The molecule has 0 radical (unpaired) electrons. The lowest BCUT2D eigenvalue weighted by molar-refractivity contribution is -0.150. The second-order valence-electron chi connectivity index (χ2n) is 8.91. The maximum atomic E-state index is 13.4. The molecule has 2 atom stereocenters. The summed E-state index contributed by atoms with van der Waals surface area (Å²) in [5.41, 5.74) is 2.23. The molecular weight excluding hydrogens is 475 g/mol. The average Bonchev–Trinajstić information content (AvgIpc) is 2.91. The minimum absolute atomic E-state index is 0.0258. The highest BCUT2D eigenvalue weighted by molar-refractivity contribution is 5.90. The van der Waals surface area contributed by atoms with Crippen LogP contribution in [0, 0.1) is 11.7 Å². The van der Waals surface area contributed by atoms with E-state index in [-0.39, 0.29) is 25.6 Å². The summed E-state index contributed by atoms with van der Waals surface area (Å²) in [6.07, 6.45) is -0.727. The molecule has 194 valence electrons. The Balaban J connectivity index is 1.67. The van der Waals surface area contributed by atoms with Gasteiger partial charge in [-0.25, -0.2) is 14.0 Å². The second-order valence-corrected chi connectivity index (χ2v) is 8.91. The van der Waals surface area contributed by atoms with Gasteiger partial charge in [0, 0.05) is 6.42 Å². The fraction of sp³-hybridized carbons (Fsp3) is 0.276. The number of carbonyl (C=O) groups excluding carboxylic acids is 3. The number of amides is 2. The molecule has 0 unspecified atom stereocenters. The van der Waals surface area contributed by atoms with Crippen LogP contribution in [-0.2, 0) is 38.7 Å². The molecular formula is C29H31FN2O5. The van der Waals surface area contributed by atoms with Crippen molar-refractivity contribution in [2.45, 2.75) is 45.6 Å². The molecule has 3 rings (SSSR count). The van der Waals surface area contributed by atoms with E-state index in [0.29, 0.717) is 5.56 Å². The van der Waals surface area contributed by atoms with E-state index in [1.54, 1.807) is 13.8 Å². The monoisotopic (exact) mass is 506 g/mol. The largest absolute Gasteiger partial charge is 0.459 e. The van der Waals surface area contributed by atoms with Crippen molar-refractivity contribution in [2.75, 3.05) is 0 Å². The summed E-state index contributed by atoms with van der Waals surface area (Å²) in [5.74, 6) is -1.86. The Kier molecular flexibility index (Phi) is 10.2. The van der Waals surface area contributed by atoms with Gasteiger partial charge in [0.15, 0.2) is 0 Å². The molecule has 7 nitrogen and oxygen atoms in total. The first-order valence-corrected chi connectivity index (χ1v) is 12.0. The first-order valence-electron chi connectivity index (χ1n) is 12.0. The number of hydrogen-bond acceptors (Lipinski definition) is 5. The summed E-state index contributed by atoms with van der Waals surface area (Å²) in [6.45, 7) is 3.66. The molecule has 2 amide bonds. The van der Waals surface area contributed by atoms with Crippen LogP contribution in [0.15, 0.2) is 84.9 Å². The standard InChI is InChI=1S/C29H31FN2O5/c1-20(2)26(28(34)36-18-22-9-5-3-6-10-22)32-27(33)25(17-21-13-15-24(30)16-14-21)31-29(35)37-19-23-11-7-4-8-12-23/h3-16,20,25-26H,17-19H2,1-2H3,(H,31,35)(H,32,33)/t25-,26-/m0/s1. The predicted octanol–water partition coefficient (Wildman–Crippen LogP) is 4.55. The van der Waals surface area contributed by atoms with Crippen LogP contribution < -0.4 is 10.6 Å². The quantitative estimate of drug-likeness (QED) is 0.372. The molecule has 0 spiro atoms. The van der Waals surface area contributed by atoms with Crippen molar-refractivity contribution < 1.29 is 28.2 Å². The summed E-state index contributed by atoms with van der Waals surface area (Å²) in [4.78, 5) is 38.6. The van der Waals surface area contributed by atoms with Gasteiger partial charge in [0.25, 0.3) is 0 Å². The number of esters is 1. The number of hydrogen-bond donors (Lipinski definition) is 2. The van der Waals surface area contributed by atoms with Crippen molar-refractivity contribution >= 4 is 18.0 Å². The minimum atomic E-state index is -1.07. The van der Waals surface area contributed by atoms with Gasteiger partial charge in [0.1, 0.15) is 31.1 Å². The Morgan fingerprint density at radius 2 is 1.27 bits per heavy atom. The predicted molar refractivity (Wildman–Crippen MR) is 137 cm³/mol. The minimum Gasteiger partial charge on any atom is -0.459 e. The lowest BCUT2D eigenvalue weighted by Gasteiger charge is -2.24. The van der Waals surface area contributed by atoms with Gasteiger partial charge < -0.3 is 20.1 Å². The van der Waals surface area contributed by atoms with Crippen LogP contribution in [0.2, 0.25) is 0 Å². The van der Waals surface area contributed by atoms with E-state index in [0.717, 1.165) is 11.1 Å². The van der Waals surface area contributed by atoms with Crippen molar-refractivity contribution in [3.8, 4) is 0 Å². The average molecular weight is 507 g/mol. The lowest BCUT2D eigenvalue weighted by atomic mass is 10.0. The van der Waals surface area contributed by atoms with Crippen LogP contribution in [0.5, 0.6) is 0 Å². The third kappa shape index (κ3) is 9.07. The number of rotatable bonds is 11. The van der Waals surface area contributed by atoms with Crippen molar-refractivity contribution in [3.05, 3.63) is 107 Å². The first-order chi connectivity index (χ1) is 17.8. The number of alkyl carbamates (subject to hydrolysis) is 1. The molecule has 0 saturated heterocycles.